The average molecular weight is 280 g/mol. The zero-order valence-corrected chi connectivity index (χ0v) is 13.1. The molecule has 0 spiro atoms. The first-order chi connectivity index (χ1) is 9.04. The van der Waals surface area contributed by atoms with Crippen molar-refractivity contribution in [3.63, 3.8) is 0 Å². The summed E-state index contributed by atoms with van der Waals surface area (Å²) in [7, 11) is 3.89. The Hall–Kier alpha value is -0.710. The lowest BCUT2D eigenvalue weighted by Gasteiger charge is -2.37. The van der Waals surface area contributed by atoms with Gasteiger partial charge in [-0.2, -0.15) is 11.8 Å². The zero-order valence-electron chi connectivity index (χ0n) is 12.3. The Kier molecular flexibility index (Phi) is 4.76. The summed E-state index contributed by atoms with van der Waals surface area (Å²) in [4.78, 5) is 2.37. The summed E-state index contributed by atoms with van der Waals surface area (Å²) >= 11 is 1.99. The first-order valence-electron chi connectivity index (χ1n) is 6.73. The first-order valence-corrected chi connectivity index (χ1v) is 7.88. The lowest BCUT2D eigenvalue weighted by atomic mass is 9.93. The van der Waals surface area contributed by atoms with Gasteiger partial charge in [-0.05, 0) is 38.1 Å². The van der Waals surface area contributed by atoms with Gasteiger partial charge in [0.05, 0.1) is 13.2 Å². The van der Waals surface area contributed by atoms with Crippen LogP contribution in [-0.4, -0.2) is 43.1 Å². The fourth-order valence-corrected chi connectivity index (χ4v) is 4.10. The summed E-state index contributed by atoms with van der Waals surface area (Å²) in [6.45, 7) is 5.32. The SMILES string of the molecule is COc1cc(C)cc(C)c1C(N)C1CSCCN1C. The zero-order chi connectivity index (χ0) is 14.0. The molecule has 1 aliphatic heterocycles. The first kappa shape index (κ1) is 14.7. The van der Waals surface area contributed by atoms with E-state index in [4.69, 9.17) is 10.5 Å². The summed E-state index contributed by atoms with van der Waals surface area (Å²) < 4.78 is 5.55. The molecule has 19 heavy (non-hydrogen) atoms. The highest BCUT2D eigenvalue weighted by atomic mass is 32.2. The van der Waals surface area contributed by atoms with Crippen LogP contribution in [0.1, 0.15) is 22.7 Å². The number of ether oxygens (including phenoxy) is 1. The smallest absolute Gasteiger partial charge is 0.124 e. The van der Waals surface area contributed by atoms with Gasteiger partial charge in [0, 0.05) is 29.7 Å². The highest BCUT2D eigenvalue weighted by Crippen LogP contribution is 2.33. The molecule has 0 aliphatic carbocycles. The molecule has 1 aromatic rings. The van der Waals surface area contributed by atoms with Gasteiger partial charge in [0.1, 0.15) is 5.75 Å². The molecular weight excluding hydrogens is 256 g/mol. The third-order valence-electron chi connectivity index (χ3n) is 3.90. The number of rotatable bonds is 3. The van der Waals surface area contributed by atoms with Gasteiger partial charge in [0.15, 0.2) is 0 Å². The molecule has 0 bridgehead atoms. The van der Waals surface area contributed by atoms with Gasteiger partial charge in [-0.25, -0.2) is 0 Å². The van der Waals surface area contributed by atoms with Crippen molar-refractivity contribution < 1.29 is 4.74 Å². The van der Waals surface area contributed by atoms with Crippen LogP contribution in [0.2, 0.25) is 0 Å². The Morgan fingerprint density at radius 2 is 2.16 bits per heavy atom. The van der Waals surface area contributed by atoms with Crippen LogP contribution in [0.5, 0.6) is 5.75 Å². The maximum atomic E-state index is 6.55. The summed E-state index contributed by atoms with van der Waals surface area (Å²) in [5.41, 5.74) is 10.2. The molecule has 106 valence electrons. The molecule has 2 atom stereocenters. The van der Waals surface area contributed by atoms with Crippen LogP contribution in [0.15, 0.2) is 12.1 Å². The van der Waals surface area contributed by atoms with Crippen LogP contribution >= 0.6 is 11.8 Å². The Morgan fingerprint density at radius 3 is 2.79 bits per heavy atom. The second kappa shape index (κ2) is 6.16. The van der Waals surface area contributed by atoms with Crippen molar-refractivity contribution >= 4 is 11.8 Å². The van der Waals surface area contributed by atoms with E-state index >= 15 is 0 Å². The molecule has 0 amide bonds. The van der Waals surface area contributed by atoms with Crippen molar-refractivity contribution in [2.45, 2.75) is 25.9 Å². The van der Waals surface area contributed by atoms with E-state index in [9.17, 15) is 0 Å². The van der Waals surface area contributed by atoms with Crippen molar-refractivity contribution in [1.29, 1.82) is 0 Å². The Labute approximate surface area is 120 Å². The Morgan fingerprint density at radius 1 is 1.42 bits per heavy atom. The maximum absolute atomic E-state index is 6.55. The van der Waals surface area contributed by atoms with E-state index in [1.165, 1.54) is 16.9 Å². The number of nitrogens with two attached hydrogens (primary N) is 1. The third kappa shape index (κ3) is 3.07. The number of likely N-dealkylation sites (N-methyl/N-ethyl adjacent to an activating group) is 1. The molecule has 2 rings (SSSR count). The highest BCUT2D eigenvalue weighted by Gasteiger charge is 2.29. The largest absolute Gasteiger partial charge is 0.496 e. The summed E-state index contributed by atoms with van der Waals surface area (Å²) in [6.07, 6.45) is 0. The highest BCUT2D eigenvalue weighted by molar-refractivity contribution is 7.99. The predicted octanol–water partition coefficient (Wildman–Crippen LogP) is 2.36. The number of hydrogen-bond acceptors (Lipinski definition) is 4. The quantitative estimate of drug-likeness (QED) is 0.922. The lowest BCUT2D eigenvalue weighted by molar-refractivity contribution is 0.234. The fourth-order valence-electron chi connectivity index (χ4n) is 2.81. The monoisotopic (exact) mass is 280 g/mol. The summed E-state index contributed by atoms with van der Waals surface area (Å²) in [5.74, 6) is 3.21. The predicted molar refractivity (Wildman–Crippen MR) is 83.1 cm³/mol. The van der Waals surface area contributed by atoms with Gasteiger partial charge in [-0.3, -0.25) is 4.90 Å². The van der Waals surface area contributed by atoms with Gasteiger partial charge >= 0.3 is 0 Å². The minimum Gasteiger partial charge on any atom is -0.496 e. The number of benzene rings is 1. The van der Waals surface area contributed by atoms with Gasteiger partial charge < -0.3 is 10.5 Å². The van der Waals surface area contributed by atoms with Crippen LogP contribution in [0.25, 0.3) is 0 Å². The van der Waals surface area contributed by atoms with E-state index in [0.717, 1.165) is 23.6 Å². The molecule has 2 unspecified atom stereocenters. The molecule has 1 heterocycles. The van der Waals surface area contributed by atoms with Crippen LogP contribution in [-0.2, 0) is 0 Å². The molecule has 2 N–H and O–H groups in total. The maximum Gasteiger partial charge on any atom is 0.124 e. The van der Waals surface area contributed by atoms with E-state index in [1.807, 2.05) is 11.8 Å². The molecule has 1 aliphatic rings. The minimum atomic E-state index is 0.00773. The van der Waals surface area contributed by atoms with Crippen molar-refractivity contribution in [3.8, 4) is 5.75 Å². The lowest BCUT2D eigenvalue weighted by Crippen LogP contribution is -2.46. The van der Waals surface area contributed by atoms with E-state index in [0.29, 0.717) is 6.04 Å². The van der Waals surface area contributed by atoms with Crippen LogP contribution in [0.3, 0.4) is 0 Å². The molecule has 0 saturated carbocycles. The van der Waals surface area contributed by atoms with Gasteiger partial charge in [0.2, 0.25) is 0 Å². The van der Waals surface area contributed by atoms with Crippen molar-refractivity contribution in [2.75, 3.05) is 32.2 Å². The van der Waals surface area contributed by atoms with E-state index < -0.39 is 0 Å². The molecule has 1 saturated heterocycles. The second-order valence-corrected chi connectivity index (χ2v) is 6.50. The van der Waals surface area contributed by atoms with E-state index in [2.05, 4.69) is 37.9 Å². The van der Waals surface area contributed by atoms with Crippen molar-refractivity contribution in [1.82, 2.24) is 4.90 Å². The molecule has 4 heteroatoms. The van der Waals surface area contributed by atoms with Gasteiger partial charge in [-0.1, -0.05) is 6.07 Å². The number of nitrogens with zero attached hydrogens (tertiary/aromatic N) is 1. The van der Waals surface area contributed by atoms with Crippen molar-refractivity contribution in [2.24, 2.45) is 5.73 Å². The van der Waals surface area contributed by atoms with Crippen LogP contribution < -0.4 is 10.5 Å². The summed E-state index contributed by atoms with van der Waals surface area (Å²) in [6, 6.07) is 4.66. The molecule has 3 nitrogen and oxygen atoms in total. The molecule has 1 fully saturated rings. The topological polar surface area (TPSA) is 38.5 Å². The number of methoxy groups -OCH3 is 1. The number of aryl methyl sites for hydroxylation is 2. The fraction of sp³-hybridized carbons (Fsp3) is 0.600. The average Bonchev–Trinajstić information content (AvgIpc) is 2.37. The molecule has 1 aromatic carbocycles. The van der Waals surface area contributed by atoms with Crippen LogP contribution in [0, 0.1) is 13.8 Å². The van der Waals surface area contributed by atoms with Gasteiger partial charge in [0.25, 0.3) is 0 Å². The standard InChI is InChI=1S/C15H24N2OS/c1-10-7-11(2)14(13(8-10)18-4)15(16)12-9-19-6-5-17(12)3/h7-8,12,15H,5-6,9,16H2,1-4H3. The van der Waals surface area contributed by atoms with Gasteiger partial charge in [-0.15, -0.1) is 0 Å². The Bertz CT molecular complexity index is 450. The minimum absolute atomic E-state index is 0.00773. The van der Waals surface area contributed by atoms with E-state index in [-0.39, 0.29) is 6.04 Å². The molecule has 0 radical (unpaired) electrons. The normalized spacial score (nSPS) is 22.3. The van der Waals surface area contributed by atoms with Crippen molar-refractivity contribution in [3.05, 3.63) is 28.8 Å². The molecular formula is C15H24N2OS. The van der Waals surface area contributed by atoms with Crippen LogP contribution in [0.4, 0.5) is 0 Å². The number of thioether (sulfide) groups is 1. The second-order valence-electron chi connectivity index (χ2n) is 5.35. The number of hydrogen-bond donors (Lipinski definition) is 1. The van der Waals surface area contributed by atoms with E-state index in [1.54, 1.807) is 7.11 Å². The molecule has 0 aromatic heterocycles. The Balaban J connectivity index is 2.34. The third-order valence-corrected chi connectivity index (χ3v) is 4.95. The summed E-state index contributed by atoms with van der Waals surface area (Å²) in [5, 5.41) is 0.